The summed E-state index contributed by atoms with van der Waals surface area (Å²) in [7, 11) is 0. The minimum atomic E-state index is -0.452. The van der Waals surface area contributed by atoms with Gasteiger partial charge in [0.15, 0.2) is 0 Å². The van der Waals surface area contributed by atoms with Gasteiger partial charge in [-0.25, -0.2) is 9.82 Å². The molecule has 0 atom stereocenters. The van der Waals surface area contributed by atoms with Crippen LogP contribution in [0.25, 0.3) is 0 Å². The molecule has 2 rings (SSSR count). The van der Waals surface area contributed by atoms with Crippen molar-refractivity contribution >= 4 is 34.7 Å². The van der Waals surface area contributed by atoms with Gasteiger partial charge < -0.3 is 5.11 Å². The van der Waals surface area contributed by atoms with Gasteiger partial charge in [-0.05, 0) is 65.1 Å². The molecule has 2 N–H and O–H groups in total. The molecule has 0 saturated carbocycles. The summed E-state index contributed by atoms with van der Waals surface area (Å²) < 4.78 is 13.7. The van der Waals surface area contributed by atoms with Crippen LogP contribution in [0.5, 0.6) is 5.75 Å². The van der Waals surface area contributed by atoms with Crippen LogP contribution < -0.4 is 5.43 Å². The maximum absolute atomic E-state index is 12.7. The van der Waals surface area contributed by atoms with Crippen LogP contribution in [0.15, 0.2) is 47.6 Å². The van der Waals surface area contributed by atoms with Gasteiger partial charge in [-0.3, -0.25) is 4.79 Å². The van der Waals surface area contributed by atoms with Gasteiger partial charge in [0.25, 0.3) is 5.91 Å². The Labute approximate surface area is 128 Å². The standard InChI is InChI=1S/C14H10FIN2O2/c15-11-3-1-9(2-4-11)14(20)18-17-8-10-7-12(16)5-6-13(10)19/h1-8,19H,(H,18,20)/b17-8-. The van der Waals surface area contributed by atoms with Crippen LogP contribution in [0.2, 0.25) is 0 Å². The van der Waals surface area contributed by atoms with Crippen molar-refractivity contribution in [2.45, 2.75) is 0 Å². The molecule has 102 valence electrons. The summed E-state index contributed by atoms with van der Waals surface area (Å²) in [5, 5.41) is 13.4. The Bertz CT molecular complexity index is 657. The van der Waals surface area contributed by atoms with Crippen LogP contribution in [0.1, 0.15) is 15.9 Å². The van der Waals surface area contributed by atoms with E-state index in [1.807, 2.05) is 0 Å². The Morgan fingerprint density at radius 1 is 1.25 bits per heavy atom. The molecular formula is C14H10FIN2O2. The number of rotatable bonds is 3. The lowest BCUT2D eigenvalue weighted by atomic mass is 10.2. The summed E-state index contributed by atoms with van der Waals surface area (Å²) in [6.45, 7) is 0. The Balaban J connectivity index is 2.04. The number of phenolic OH excluding ortho intramolecular Hbond substituents is 1. The molecule has 0 fully saturated rings. The minimum absolute atomic E-state index is 0.0743. The molecule has 0 aliphatic heterocycles. The summed E-state index contributed by atoms with van der Waals surface area (Å²) in [5.41, 5.74) is 3.11. The fraction of sp³-hybridized carbons (Fsp3) is 0. The molecule has 0 radical (unpaired) electrons. The number of hydrogen-bond donors (Lipinski definition) is 2. The summed E-state index contributed by atoms with van der Waals surface area (Å²) in [6, 6.07) is 10.2. The van der Waals surface area contributed by atoms with Crippen LogP contribution in [-0.4, -0.2) is 17.2 Å². The average molecular weight is 384 g/mol. The molecular weight excluding hydrogens is 374 g/mol. The van der Waals surface area contributed by atoms with Crippen molar-refractivity contribution in [2.24, 2.45) is 5.10 Å². The molecule has 0 heterocycles. The van der Waals surface area contributed by atoms with E-state index in [2.05, 4.69) is 33.1 Å². The maximum atomic E-state index is 12.7. The lowest BCUT2D eigenvalue weighted by Crippen LogP contribution is -2.17. The summed E-state index contributed by atoms with van der Waals surface area (Å²) in [6.07, 6.45) is 1.35. The van der Waals surface area contributed by atoms with Gasteiger partial charge in [-0.2, -0.15) is 5.10 Å². The van der Waals surface area contributed by atoms with Gasteiger partial charge in [0.1, 0.15) is 11.6 Å². The molecule has 4 nitrogen and oxygen atoms in total. The van der Waals surface area contributed by atoms with Crippen molar-refractivity contribution in [1.29, 1.82) is 0 Å². The molecule has 2 aromatic carbocycles. The first-order valence-electron chi connectivity index (χ1n) is 5.64. The number of carbonyl (C=O) groups is 1. The molecule has 1 amide bonds. The number of nitrogens with zero attached hydrogens (tertiary/aromatic N) is 1. The number of nitrogens with one attached hydrogen (secondary N) is 1. The predicted molar refractivity (Wildman–Crippen MR) is 82.3 cm³/mol. The minimum Gasteiger partial charge on any atom is -0.507 e. The number of carbonyl (C=O) groups excluding carboxylic acids is 1. The van der Waals surface area contributed by atoms with Gasteiger partial charge in [-0.1, -0.05) is 0 Å². The molecule has 0 aliphatic rings. The highest BCUT2D eigenvalue weighted by Gasteiger charge is 2.04. The largest absolute Gasteiger partial charge is 0.507 e. The SMILES string of the molecule is O=C(N/N=C\c1cc(I)ccc1O)c1ccc(F)cc1. The number of amides is 1. The summed E-state index contributed by atoms with van der Waals surface area (Å²) in [5.74, 6) is -0.787. The Kier molecular flexibility index (Phi) is 4.67. The van der Waals surface area contributed by atoms with Gasteiger partial charge >= 0.3 is 0 Å². The average Bonchev–Trinajstić information content (AvgIpc) is 2.43. The molecule has 2 aromatic rings. The van der Waals surface area contributed by atoms with Gasteiger partial charge in [0.2, 0.25) is 0 Å². The molecule has 0 aliphatic carbocycles. The van der Waals surface area contributed by atoms with E-state index in [1.54, 1.807) is 18.2 Å². The highest BCUT2D eigenvalue weighted by atomic mass is 127. The molecule has 0 unspecified atom stereocenters. The molecule has 20 heavy (non-hydrogen) atoms. The zero-order chi connectivity index (χ0) is 14.5. The molecule has 0 spiro atoms. The van der Waals surface area contributed by atoms with E-state index in [4.69, 9.17) is 0 Å². The quantitative estimate of drug-likeness (QED) is 0.486. The first kappa shape index (κ1) is 14.4. The fourth-order valence-electron chi connectivity index (χ4n) is 1.46. The molecule has 0 aromatic heterocycles. The number of benzene rings is 2. The van der Waals surface area contributed by atoms with E-state index in [-0.39, 0.29) is 5.75 Å². The van der Waals surface area contributed by atoms with E-state index in [9.17, 15) is 14.3 Å². The van der Waals surface area contributed by atoms with Gasteiger partial charge in [0, 0.05) is 14.7 Å². The Hall–Kier alpha value is -1.96. The lowest BCUT2D eigenvalue weighted by molar-refractivity contribution is 0.0955. The third kappa shape index (κ3) is 3.77. The van der Waals surface area contributed by atoms with E-state index in [1.165, 1.54) is 30.5 Å². The predicted octanol–water partition coefficient (Wildman–Crippen LogP) is 2.90. The Morgan fingerprint density at radius 2 is 1.95 bits per heavy atom. The van der Waals surface area contributed by atoms with Crippen LogP contribution in [0.3, 0.4) is 0 Å². The molecule has 0 bridgehead atoms. The summed E-state index contributed by atoms with van der Waals surface area (Å²) in [4.78, 5) is 11.7. The molecule has 0 saturated heterocycles. The highest BCUT2D eigenvalue weighted by Crippen LogP contribution is 2.17. The lowest BCUT2D eigenvalue weighted by Gasteiger charge is -2.01. The van der Waals surface area contributed by atoms with Crippen LogP contribution in [0, 0.1) is 9.39 Å². The van der Waals surface area contributed by atoms with Crippen molar-refractivity contribution in [3.63, 3.8) is 0 Å². The van der Waals surface area contributed by atoms with Gasteiger partial charge in [-0.15, -0.1) is 0 Å². The highest BCUT2D eigenvalue weighted by molar-refractivity contribution is 14.1. The third-order valence-corrected chi connectivity index (χ3v) is 3.14. The fourth-order valence-corrected chi connectivity index (χ4v) is 1.97. The number of phenols is 1. The monoisotopic (exact) mass is 384 g/mol. The molecule has 6 heteroatoms. The second-order valence-electron chi connectivity index (χ2n) is 3.91. The maximum Gasteiger partial charge on any atom is 0.271 e. The smallest absolute Gasteiger partial charge is 0.271 e. The summed E-state index contributed by atoms with van der Waals surface area (Å²) >= 11 is 2.10. The number of aromatic hydroxyl groups is 1. The topological polar surface area (TPSA) is 61.7 Å². The van der Waals surface area contributed by atoms with Crippen LogP contribution in [0.4, 0.5) is 4.39 Å². The van der Waals surface area contributed by atoms with Crippen molar-refractivity contribution in [1.82, 2.24) is 5.43 Å². The van der Waals surface area contributed by atoms with Crippen LogP contribution >= 0.6 is 22.6 Å². The normalized spacial score (nSPS) is 10.7. The number of hydrazone groups is 1. The van der Waals surface area contributed by atoms with Crippen LogP contribution in [-0.2, 0) is 0 Å². The number of halogens is 2. The Morgan fingerprint density at radius 3 is 2.65 bits per heavy atom. The van der Waals surface area contributed by atoms with E-state index >= 15 is 0 Å². The second kappa shape index (κ2) is 6.47. The van der Waals surface area contributed by atoms with Crippen molar-refractivity contribution in [3.05, 3.63) is 63.0 Å². The van der Waals surface area contributed by atoms with Crippen molar-refractivity contribution < 1.29 is 14.3 Å². The van der Waals surface area contributed by atoms with Crippen molar-refractivity contribution in [2.75, 3.05) is 0 Å². The van der Waals surface area contributed by atoms with E-state index in [0.29, 0.717) is 11.1 Å². The zero-order valence-electron chi connectivity index (χ0n) is 10.2. The zero-order valence-corrected chi connectivity index (χ0v) is 12.3. The first-order valence-corrected chi connectivity index (χ1v) is 6.71. The second-order valence-corrected chi connectivity index (χ2v) is 5.15. The van der Waals surface area contributed by atoms with Crippen molar-refractivity contribution in [3.8, 4) is 5.75 Å². The van der Waals surface area contributed by atoms with E-state index < -0.39 is 11.7 Å². The third-order valence-electron chi connectivity index (χ3n) is 2.47. The van der Waals surface area contributed by atoms with E-state index in [0.717, 1.165) is 3.57 Å². The first-order chi connectivity index (χ1) is 9.56. The number of hydrogen-bond acceptors (Lipinski definition) is 3. The van der Waals surface area contributed by atoms with Gasteiger partial charge in [0.05, 0.1) is 6.21 Å².